The van der Waals surface area contributed by atoms with Crippen molar-refractivity contribution in [1.29, 1.82) is 0 Å². The van der Waals surface area contributed by atoms with Crippen LogP contribution in [0.25, 0.3) is 0 Å². The maximum Gasteiger partial charge on any atom is 0.323 e. The fraction of sp³-hybridized carbons (Fsp3) is 0.417. The fourth-order valence-electron chi connectivity index (χ4n) is 1.39. The summed E-state index contributed by atoms with van der Waals surface area (Å²) in [6.45, 7) is 3.19. The highest BCUT2D eigenvalue weighted by Gasteiger charge is 2.27. The topological polar surface area (TPSA) is 72.9 Å². The summed E-state index contributed by atoms with van der Waals surface area (Å²) < 4.78 is 29.7. The van der Waals surface area contributed by atoms with Crippen LogP contribution in [0.1, 0.15) is 12.5 Å². The molecule has 0 saturated carbocycles. The molecule has 0 aliphatic rings. The van der Waals surface area contributed by atoms with Gasteiger partial charge in [0.15, 0.2) is 0 Å². The van der Waals surface area contributed by atoms with Crippen LogP contribution in [-0.4, -0.2) is 39.1 Å². The SMILES string of the molecule is CCOC(=O)CN(OC)S(=O)(=O)c1ccc(C)cc1. The van der Waals surface area contributed by atoms with Crippen molar-refractivity contribution in [2.45, 2.75) is 18.7 Å². The zero-order valence-electron chi connectivity index (χ0n) is 11.1. The van der Waals surface area contributed by atoms with E-state index in [4.69, 9.17) is 9.57 Å². The quantitative estimate of drug-likeness (QED) is 0.579. The van der Waals surface area contributed by atoms with Gasteiger partial charge in [0.05, 0.1) is 18.6 Å². The van der Waals surface area contributed by atoms with E-state index >= 15 is 0 Å². The lowest BCUT2D eigenvalue weighted by atomic mass is 10.2. The Hall–Kier alpha value is -1.44. The Morgan fingerprint density at radius 3 is 2.32 bits per heavy atom. The van der Waals surface area contributed by atoms with E-state index in [2.05, 4.69) is 0 Å². The summed E-state index contributed by atoms with van der Waals surface area (Å²) in [7, 11) is -2.69. The number of sulfonamides is 1. The normalized spacial score (nSPS) is 11.6. The van der Waals surface area contributed by atoms with E-state index < -0.39 is 22.5 Å². The van der Waals surface area contributed by atoms with Crippen molar-refractivity contribution in [2.24, 2.45) is 0 Å². The first-order valence-corrected chi connectivity index (χ1v) is 7.15. The minimum absolute atomic E-state index is 0.0595. The van der Waals surface area contributed by atoms with Gasteiger partial charge in [-0.15, -0.1) is 0 Å². The maximum atomic E-state index is 12.2. The molecule has 0 atom stereocenters. The van der Waals surface area contributed by atoms with Crippen LogP contribution >= 0.6 is 0 Å². The Labute approximate surface area is 112 Å². The number of esters is 1. The number of hydroxylamine groups is 1. The molecular formula is C12H17NO5S. The largest absolute Gasteiger partial charge is 0.465 e. The van der Waals surface area contributed by atoms with Crippen molar-refractivity contribution >= 4 is 16.0 Å². The van der Waals surface area contributed by atoms with Gasteiger partial charge in [0.1, 0.15) is 6.54 Å². The highest BCUT2D eigenvalue weighted by molar-refractivity contribution is 7.89. The fourth-order valence-corrected chi connectivity index (χ4v) is 2.57. The molecule has 106 valence electrons. The van der Waals surface area contributed by atoms with Crippen molar-refractivity contribution in [3.8, 4) is 0 Å². The van der Waals surface area contributed by atoms with Gasteiger partial charge in [-0.1, -0.05) is 22.2 Å². The molecule has 0 spiro atoms. The molecule has 0 radical (unpaired) electrons. The molecule has 0 fully saturated rings. The highest BCUT2D eigenvalue weighted by Crippen LogP contribution is 2.16. The van der Waals surface area contributed by atoms with Gasteiger partial charge < -0.3 is 4.74 Å². The van der Waals surface area contributed by atoms with Gasteiger partial charge in [0, 0.05) is 0 Å². The van der Waals surface area contributed by atoms with E-state index in [1.54, 1.807) is 19.1 Å². The van der Waals surface area contributed by atoms with Gasteiger partial charge in [-0.2, -0.15) is 0 Å². The molecule has 0 unspecified atom stereocenters. The average molecular weight is 287 g/mol. The molecule has 0 saturated heterocycles. The number of rotatable bonds is 6. The van der Waals surface area contributed by atoms with E-state index in [0.717, 1.165) is 5.56 Å². The van der Waals surface area contributed by atoms with Gasteiger partial charge in [0.2, 0.25) is 0 Å². The third kappa shape index (κ3) is 4.02. The number of aryl methyl sites for hydroxylation is 1. The van der Waals surface area contributed by atoms with Crippen molar-refractivity contribution in [1.82, 2.24) is 4.47 Å². The summed E-state index contributed by atoms with van der Waals surface area (Å²) in [5.74, 6) is -0.667. The number of carbonyl (C=O) groups excluding carboxylic acids is 1. The number of hydrogen-bond acceptors (Lipinski definition) is 5. The van der Waals surface area contributed by atoms with Crippen molar-refractivity contribution in [3.05, 3.63) is 29.8 Å². The van der Waals surface area contributed by atoms with Crippen LogP contribution in [0, 0.1) is 6.92 Å². The molecule has 1 aromatic carbocycles. The molecule has 0 aliphatic carbocycles. The summed E-state index contributed by atoms with van der Waals surface area (Å²) in [6.07, 6.45) is 0. The molecule has 1 aromatic rings. The summed E-state index contributed by atoms with van der Waals surface area (Å²) in [5.41, 5.74) is 0.938. The lowest BCUT2D eigenvalue weighted by Crippen LogP contribution is -2.35. The Morgan fingerprint density at radius 2 is 1.84 bits per heavy atom. The molecular weight excluding hydrogens is 270 g/mol. The molecule has 0 amide bonds. The molecule has 0 bridgehead atoms. The zero-order chi connectivity index (χ0) is 14.5. The molecule has 7 heteroatoms. The van der Waals surface area contributed by atoms with Crippen molar-refractivity contribution in [3.63, 3.8) is 0 Å². The average Bonchev–Trinajstić information content (AvgIpc) is 2.36. The molecule has 0 aliphatic heterocycles. The second kappa shape index (κ2) is 6.65. The monoisotopic (exact) mass is 287 g/mol. The van der Waals surface area contributed by atoms with Gasteiger partial charge >= 0.3 is 5.97 Å². The third-order valence-electron chi connectivity index (χ3n) is 2.35. The number of benzene rings is 1. The number of carbonyl (C=O) groups is 1. The standard InChI is InChI=1S/C12H17NO5S/c1-4-18-12(14)9-13(17-3)19(15,16)11-7-5-10(2)6-8-11/h5-8H,4,9H2,1-3H3. The highest BCUT2D eigenvalue weighted by atomic mass is 32.2. The molecule has 0 aromatic heterocycles. The summed E-state index contributed by atoms with van der Waals surface area (Å²) >= 11 is 0. The minimum Gasteiger partial charge on any atom is -0.465 e. The van der Waals surface area contributed by atoms with E-state index in [9.17, 15) is 13.2 Å². The smallest absolute Gasteiger partial charge is 0.323 e. The van der Waals surface area contributed by atoms with Gasteiger partial charge in [-0.05, 0) is 26.0 Å². The van der Waals surface area contributed by atoms with Crippen LogP contribution in [0.5, 0.6) is 0 Å². The Morgan fingerprint density at radius 1 is 1.26 bits per heavy atom. The first-order valence-electron chi connectivity index (χ1n) is 5.71. The van der Waals surface area contributed by atoms with Crippen LogP contribution in [0.15, 0.2) is 29.2 Å². The number of ether oxygens (including phenoxy) is 1. The van der Waals surface area contributed by atoms with Gasteiger partial charge in [0.25, 0.3) is 10.0 Å². The molecule has 0 N–H and O–H groups in total. The van der Waals surface area contributed by atoms with E-state index in [0.29, 0.717) is 4.47 Å². The number of nitrogens with zero attached hydrogens (tertiary/aromatic N) is 1. The van der Waals surface area contributed by atoms with Crippen LogP contribution in [0.3, 0.4) is 0 Å². The first kappa shape index (κ1) is 15.6. The Kier molecular flexibility index (Phi) is 5.46. The zero-order valence-corrected chi connectivity index (χ0v) is 11.9. The second-order valence-corrected chi connectivity index (χ2v) is 5.60. The minimum atomic E-state index is -3.87. The summed E-state index contributed by atoms with van der Waals surface area (Å²) in [5, 5.41) is 0. The first-order chi connectivity index (χ1) is 8.91. The van der Waals surface area contributed by atoms with E-state index in [1.165, 1.54) is 19.2 Å². The lowest BCUT2D eigenvalue weighted by molar-refractivity contribution is -0.151. The molecule has 6 nitrogen and oxygen atoms in total. The third-order valence-corrected chi connectivity index (χ3v) is 4.04. The van der Waals surface area contributed by atoms with Gasteiger partial charge in [-0.25, -0.2) is 8.42 Å². The summed E-state index contributed by atoms with van der Waals surface area (Å²) in [4.78, 5) is 16.2. The van der Waals surface area contributed by atoms with E-state index in [-0.39, 0.29) is 11.5 Å². The lowest BCUT2D eigenvalue weighted by Gasteiger charge is -2.18. The van der Waals surface area contributed by atoms with Crippen LogP contribution in [0.2, 0.25) is 0 Å². The second-order valence-electron chi connectivity index (χ2n) is 3.77. The van der Waals surface area contributed by atoms with Crippen LogP contribution in [0.4, 0.5) is 0 Å². The summed E-state index contributed by atoms with van der Waals surface area (Å²) in [6, 6.07) is 6.26. The Balaban J connectivity index is 2.95. The number of hydrogen-bond donors (Lipinski definition) is 0. The molecule has 1 rings (SSSR count). The molecule has 0 heterocycles. The Bertz CT molecular complexity index is 524. The van der Waals surface area contributed by atoms with Gasteiger partial charge in [-0.3, -0.25) is 9.63 Å². The van der Waals surface area contributed by atoms with Crippen LogP contribution in [-0.2, 0) is 24.4 Å². The molecule has 19 heavy (non-hydrogen) atoms. The van der Waals surface area contributed by atoms with Crippen molar-refractivity contribution in [2.75, 3.05) is 20.3 Å². The maximum absolute atomic E-state index is 12.2. The predicted molar refractivity (Wildman–Crippen MR) is 68.7 cm³/mol. The van der Waals surface area contributed by atoms with Crippen LogP contribution < -0.4 is 0 Å². The van der Waals surface area contributed by atoms with E-state index in [1.807, 2.05) is 6.92 Å². The predicted octanol–water partition coefficient (Wildman–Crippen LogP) is 1.11. The van der Waals surface area contributed by atoms with Crippen molar-refractivity contribution < 1.29 is 22.8 Å².